The number of para-hydroxylation sites is 1. The Kier molecular flexibility index (Phi) is 5.89. The Morgan fingerprint density at radius 1 is 1.00 bits per heavy atom. The minimum atomic E-state index is -0.267. The summed E-state index contributed by atoms with van der Waals surface area (Å²) in [5, 5.41) is 3.90. The molecule has 1 amide bonds. The molecular formula is C22H23NO5. The highest BCUT2D eigenvalue weighted by molar-refractivity contribution is 5.92. The van der Waals surface area contributed by atoms with Crippen LogP contribution in [0.25, 0.3) is 17.0 Å². The largest absolute Gasteiger partial charge is 0.496 e. The predicted molar refractivity (Wildman–Crippen MR) is 108 cm³/mol. The van der Waals surface area contributed by atoms with Gasteiger partial charge >= 0.3 is 0 Å². The van der Waals surface area contributed by atoms with Crippen molar-refractivity contribution in [2.24, 2.45) is 0 Å². The fourth-order valence-electron chi connectivity index (χ4n) is 2.90. The molecule has 0 aliphatic rings. The van der Waals surface area contributed by atoms with Crippen LogP contribution in [0.3, 0.4) is 0 Å². The number of hydrogen-bond acceptors (Lipinski definition) is 5. The van der Waals surface area contributed by atoms with Gasteiger partial charge in [-0.15, -0.1) is 0 Å². The molecule has 1 N–H and O–H groups in total. The highest BCUT2D eigenvalue weighted by atomic mass is 16.5. The first-order valence-electron chi connectivity index (χ1n) is 8.82. The Balaban J connectivity index is 1.74. The highest BCUT2D eigenvalue weighted by Gasteiger charge is 2.14. The second-order valence-electron chi connectivity index (χ2n) is 6.20. The van der Waals surface area contributed by atoms with E-state index in [1.54, 1.807) is 39.5 Å². The molecule has 0 bridgehead atoms. The van der Waals surface area contributed by atoms with Gasteiger partial charge in [-0.25, -0.2) is 0 Å². The summed E-state index contributed by atoms with van der Waals surface area (Å²) in [5.74, 6) is 2.14. The summed E-state index contributed by atoms with van der Waals surface area (Å²) in [7, 11) is 4.67. The van der Waals surface area contributed by atoms with Gasteiger partial charge in [0.15, 0.2) is 11.5 Å². The number of fused-ring (bicyclic) bond motifs is 1. The van der Waals surface area contributed by atoms with E-state index < -0.39 is 0 Å². The number of carbonyl (C=O) groups excluding carboxylic acids is 1. The summed E-state index contributed by atoms with van der Waals surface area (Å²) in [6.07, 6.45) is 3.12. The van der Waals surface area contributed by atoms with Gasteiger partial charge in [0, 0.05) is 23.1 Å². The molecule has 3 aromatic rings. The van der Waals surface area contributed by atoms with Crippen LogP contribution in [-0.4, -0.2) is 27.2 Å². The van der Waals surface area contributed by atoms with E-state index >= 15 is 0 Å². The molecule has 0 unspecified atom stereocenters. The van der Waals surface area contributed by atoms with E-state index in [-0.39, 0.29) is 11.9 Å². The smallest absolute Gasteiger partial charge is 0.244 e. The third-order valence-corrected chi connectivity index (χ3v) is 4.38. The number of carbonyl (C=O) groups is 1. The molecule has 0 fully saturated rings. The Morgan fingerprint density at radius 3 is 2.36 bits per heavy atom. The summed E-state index contributed by atoms with van der Waals surface area (Å²) in [6.45, 7) is 1.88. The van der Waals surface area contributed by atoms with Gasteiger partial charge in [0.2, 0.25) is 5.91 Å². The van der Waals surface area contributed by atoms with Crippen molar-refractivity contribution in [2.75, 3.05) is 21.3 Å². The van der Waals surface area contributed by atoms with E-state index in [0.29, 0.717) is 28.6 Å². The molecule has 6 heteroatoms. The lowest BCUT2D eigenvalue weighted by atomic mass is 10.1. The third-order valence-electron chi connectivity index (χ3n) is 4.38. The first-order chi connectivity index (χ1) is 13.5. The molecule has 6 nitrogen and oxygen atoms in total. The molecule has 3 rings (SSSR count). The Hall–Kier alpha value is -3.41. The fourth-order valence-corrected chi connectivity index (χ4v) is 2.90. The van der Waals surface area contributed by atoms with Gasteiger partial charge in [0.1, 0.15) is 17.1 Å². The molecule has 28 heavy (non-hydrogen) atoms. The standard InChI is InChI=1S/C22H23NO5/c1-14(18-11-15-7-5-6-8-17(15)28-18)23-22(24)10-9-16-12-20(26-3)21(27-4)13-19(16)25-2/h5-14H,1-4H3,(H,23,24)/b10-9+/t14-/m1/s1. The maximum atomic E-state index is 12.4. The summed E-state index contributed by atoms with van der Waals surface area (Å²) in [6, 6.07) is 12.9. The van der Waals surface area contributed by atoms with E-state index in [4.69, 9.17) is 18.6 Å². The molecule has 146 valence electrons. The van der Waals surface area contributed by atoms with E-state index in [1.165, 1.54) is 6.08 Å². The number of nitrogens with one attached hydrogen (secondary N) is 1. The zero-order valence-electron chi connectivity index (χ0n) is 16.3. The molecule has 0 aliphatic heterocycles. The second-order valence-corrected chi connectivity index (χ2v) is 6.20. The van der Waals surface area contributed by atoms with Crippen molar-refractivity contribution in [1.29, 1.82) is 0 Å². The number of furan rings is 1. The first-order valence-corrected chi connectivity index (χ1v) is 8.82. The highest BCUT2D eigenvalue weighted by Crippen LogP contribution is 2.35. The summed E-state index contributed by atoms with van der Waals surface area (Å²) in [4.78, 5) is 12.4. The number of hydrogen-bond donors (Lipinski definition) is 1. The average molecular weight is 381 g/mol. The normalized spacial score (nSPS) is 12.1. The van der Waals surface area contributed by atoms with Crippen LogP contribution in [0.4, 0.5) is 0 Å². The molecule has 0 saturated carbocycles. The van der Waals surface area contributed by atoms with Gasteiger partial charge in [-0.3, -0.25) is 4.79 Å². The minimum Gasteiger partial charge on any atom is -0.496 e. The molecule has 0 radical (unpaired) electrons. The second kappa shape index (κ2) is 8.52. The molecule has 2 aromatic carbocycles. The Morgan fingerprint density at radius 2 is 1.68 bits per heavy atom. The molecule has 1 aromatic heterocycles. The Labute approximate surface area is 163 Å². The number of methoxy groups -OCH3 is 3. The number of amides is 1. The van der Waals surface area contributed by atoms with Crippen LogP contribution in [0.15, 0.2) is 53.0 Å². The van der Waals surface area contributed by atoms with Crippen LogP contribution in [-0.2, 0) is 4.79 Å². The van der Waals surface area contributed by atoms with Crippen molar-refractivity contribution < 1.29 is 23.4 Å². The Bertz CT molecular complexity index is 972. The van der Waals surface area contributed by atoms with Crippen LogP contribution in [0.5, 0.6) is 17.2 Å². The number of ether oxygens (including phenoxy) is 3. The van der Waals surface area contributed by atoms with E-state index in [2.05, 4.69) is 5.32 Å². The van der Waals surface area contributed by atoms with Crippen molar-refractivity contribution in [3.63, 3.8) is 0 Å². The van der Waals surface area contributed by atoms with Crippen LogP contribution in [0.1, 0.15) is 24.3 Å². The zero-order valence-corrected chi connectivity index (χ0v) is 16.3. The van der Waals surface area contributed by atoms with Gasteiger partial charge in [-0.05, 0) is 31.2 Å². The van der Waals surface area contributed by atoms with E-state index in [9.17, 15) is 4.79 Å². The maximum Gasteiger partial charge on any atom is 0.244 e. The van der Waals surface area contributed by atoms with Crippen LogP contribution >= 0.6 is 0 Å². The first kappa shape index (κ1) is 19.4. The van der Waals surface area contributed by atoms with Gasteiger partial charge in [-0.1, -0.05) is 18.2 Å². The van der Waals surface area contributed by atoms with Crippen molar-refractivity contribution >= 4 is 23.0 Å². The monoisotopic (exact) mass is 381 g/mol. The fraction of sp³-hybridized carbons (Fsp3) is 0.227. The van der Waals surface area contributed by atoms with Gasteiger partial charge in [0.25, 0.3) is 0 Å². The molecule has 1 heterocycles. The van der Waals surface area contributed by atoms with E-state index in [0.717, 1.165) is 11.0 Å². The quantitative estimate of drug-likeness (QED) is 0.616. The molecule has 0 saturated heterocycles. The van der Waals surface area contributed by atoms with Crippen LogP contribution < -0.4 is 19.5 Å². The maximum absolute atomic E-state index is 12.4. The molecule has 1 atom stereocenters. The third kappa shape index (κ3) is 4.11. The number of rotatable bonds is 7. The van der Waals surface area contributed by atoms with Crippen molar-refractivity contribution in [3.05, 3.63) is 59.9 Å². The lowest BCUT2D eigenvalue weighted by molar-refractivity contribution is -0.117. The van der Waals surface area contributed by atoms with Crippen molar-refractivity contribution in [3.8, 4) is 17.2 Å². The number of benzene rings is 2. The van der Waals surface area contributed by atoms with Gasteiger partial charge in [-0.2, -0.15) is 0 Å². The lowest BCUT2D eigenvalue weighted by Crippen LogP contribution is -2.24. The van der Waals surface area contributed by atoms with Crippen molar-refractivity contribution in [2.45, 2.75) is 13.0 Å². The van der Waals surface area contributed by atoms with Gasteiger partial charge in [0.05, 0.1) is 27.4 Å². The van der Waals surface area contributed by atoms with E-state index in [1.807, 2.05) is 37.3 Å². The summed E-state index contributed by atoms with van der Waals surface area (Å²) >= 11 is 0. The molecule has 0 aliphatic carbocycles. The molecule has 0 spiro atoms. The lowest BCUT2D eigenvalue weighted by Gasteiger charge is -2.12. The topological polar surface area (TPSA) is 69.9 Å². The SMILES string of the molecule is COc1cc(OC)c(OC)cc1/C=C/C(=O)N[C@H](C)c1cc2ccccc2o1. The van der Waals surface area contributed by atoms with Gasteiger partial charge < -0.3 is 23.9 Å². The van der Waals surface area contributed by atoms with Crippen molar-refractivity contribution in [1.82, 2.24) is 5.32 Å². The van der Waals surface area contributed by atoms with Crippen LogP contribution in [0, 0.1) is 0 Å². The average Bonchev–Trinajstić information content (AvgIpc) is 3.16. The predicted octanol–water partition coefficient (Wildman–Crippen LogP) is 4.35. The summed E-state index contributed by atoms with van der Waals surface area (Å²) < 4.78 is 21.7. The zero-order chi connectivity index (χ0) is 20.1. The molecular weight excluding hydrogens is 358 g/mol. The minimum absolute atomic E-state index is 0.246. The summed E-state index contributed by atoms with van der Waals surface area (Å²) in [5.41, 5.74) is 1.50. The van der Waals surface area contributed by atoms with Crippen LogP contribution in [0.2, 0.25) is 0 Å².